The van der Waals surface area contributed by atoms with Crippen LogP contribution in [0.15, 0.2) is 12.4 Å². The summed E-state index contributed by atoms with van der Waals surface area (Å²) in [6.07, 6.45) is 3.72. The molecular formula is C9H13N5. The van der Waals surface area contributed by atoms with Gasteiger partial charge in [0.25, 0.3) is 0 Å². The highest BCUT2D eigenvalue weighted by Gasteiger charge is 2.07. The number of aromatic nitrogens is 4. The minimum Gasteiger partial charge on any atom is -0.373 e. The highest BCUT2D eigenvalue weighted by molar-refractivity contribution is 5.57. The molecule has 0 amide bonds. The Labute approximate surface area is 82.2 Å². The Morgan fingerprint density at radius 1 is 1.50 bits per heavy atom. The number of hydrogen-bond acceptors (Lipinski definition) is 3. The lowest BCUT2D eigenvalue weighted by molar-refractivity contribution is 0.768. The standard InChI is InChI=1S/C9H13N5/c1-6-8(10-2)13-9(12-6)7-4-11-14(3)5-7/h4-5,10H,1-3H3,(H,12,13). The molecule has 0 atom stereocenters. The van der Waals surface area contributed by atoms with Crippen molar-refractivity contribution in [2.24, 2.45) is 7.05 Å². The largest absolute Gasteiger partial charge is 0.373 e. The lowest BCUT2D eigenvalue weighted by Gasteiger charge is -1.93. The first-order valence-corrected chi connectivity index (χ1v) is 4.44. The molecule has 0 aliphatic rings. The van der Waals surface area contributed by atoms with Gasteiger partial charge in [-0.05, 0) is 6.92 Å². The van der Waals surface area contributed by atoms with Gasteiger partial charge in [-0.3, -0.25) is 4.68 Å². The predicted octanol–water partition coefficient (Wildman–Crippen LogP) is 1.16. The number of aromatic amines is 1. The molecule has 0 radical (unpaired) electrons. The summed E-state index contributed by atoms with van der Waals surface area (Å²) in [4.78, 5) is 7.58. The molecule has 14 heavy (non-hydrogen) atoms. The molecule has 2 aromatic rings. The summed E-state index contributed by atoms with van der Waals surface area (Å²) in [7, 11) is 3.76. The second-order valence-corrected chi connectivity index (χ2v) is 3.20. The van der Waals surface area contributed by atoms with Crippen molar-refractivity contribution in [2.75, 3.05) is 12.4 Å². The van der Waals surface area contributed by atoms with E-state index in [1.807, 2.05) is 27.2 Å². The van der Waals surface area contributed by atoms with Gasteiger partial charge in [-0.1, -0.05) is 0 Å². The van der Waals surface area contributed by atoms with Crippen molar-refractivity contribution >= 4 is 5.82 Å². The van der Waals surface area contributed by atoms with Crippen LogP contribution in [0.25, 0.3) is 11.4 Å². The number of H-pyrrole nitrogens is 1. The Balaban J connectivity index is 2.42. The predicted molar refractivity (Wildman–Crippen MR) is 55.1 cm³/mol. The normalized spacial score (nSPS) is 10.5. The summed E-state index contributed by atoms with van der Waals surface area (Å²) < 4.78 is 1.76. The maximum absolute atomic E-state index is 4.39. The number of rotatable bonds is 2. The molecule has 0 saturated carbocycles. The van der Waals surface area contributed by atoms with Crippen LogP contribution in [0.5, 0.6) is 0 Å². The van der Waals surface area contributed by atoms with Crippen molar-refractivity contribution in [3.8, 4) is 11.4 Å². The maximum Gasteiger partial charge on any atom is 0.142 e. The van der Waals surface area contributed by atoms with Crippen LogP contribution in [0.3, 0.4) is 0 Å². The first-order valence-electron chi connectivity index (χ1n) is 4.44. The molecule has 0 unspecified atom stereocenters. The van der Waals surface area contributed by atoms with E-state index >= 15 is 0 Å². The van der Waals surface area contributed by atoms with Crippen LogP contribution in [-0.4, -0.2) is 26.8 Å². The van der Waals surface area contributed by atoms with Crippen LogP contribution in [0.2, 0.25) is 0 Å². The summed E-state index contributed by atoms with van der Waals surface area (Å²) in [5.41, 5.74) is 1.96. The van der Waals surface area contributed by atoms with E-state index in [1.165, 1.54) is 0 Å². The molecule has 2 aromatic heterocycles. The highest BCUT2D eigenvalue weighted by atomic mass is 15.2. The van der Waals surface area contributed by atoms with Gasteiger partial charge >= 0.3 is 0 Å². The van der Waals surface area contributed by atoms with Gasteiger partial charge in [-0.15, -0.1) is 0 Å². The summed E-state index contributed by atoms with van der Waals surface area (Å²) in [5.74, 6) is 1.80. The Hall–Kier alpha value is -1.78. The van der Waals surface area contributed by atoms with Crippen LogP contribution in [0, 0.1) is 6.92 Å². The van der Waals surface area contributed by atoms with Crippen molar-refractivity contribution in [2.45, 2.75) is 6.92 Å². The van der Waals surface area contributed by atoms with E-state index < -0.39 is 0 Å². The topological polar surface area (TPSA) is 58.5 Å². The zero-order valence-corrected chi connectivity index (χ0v) is 8.50. The van der Waals surface area contributed by atoms with E-state index in [4.69, 9.17) is 0 Å². The van der Waals surface area contributed by atoms with Gasteiger partial charge in [0.05, 0.1) is 17.5 Å². The lowest BCUT2D eigenvalue weighted by atomic mass is 10.3. The number of nitrogens with zero attached hydrogens (tertiary/aromatic N) is 3. The highest BCUT2D eigenvalue weighted by Crippen LogP contribution is 2.19. The average Bonchev–Trinajstić information content (AvgIpc) is 2.71. The van der Waals surface area contributed by atoms with Gasteiger partial charge in [0, 0.05) is 20.3 Å². The molecule has 0 saturated heterocycles. The summed E-state index contributed by atoms with van der Waals surface area (Å²) >= 11 is 0. The van der Waals surface area contributed by atoms with E-state index in [1.54, 1.807) is 10.9 Å². The molecule has 0 aliphatic heterocycles. The van der Waals surface area contributed by atoms with Crippen molar-refractivity contribution in [3.63, 3.8) is 0 Å². The number of imidazole rings is 1. The molecule has 2 heterocycles. The number of aryl methyl sites for hydroxylation is 2. The van der Waals surface area contributed by atoms with Gasteiger partial charge in [0.1, 0.15) is 11.6 Å². The van der Waals surface area contributed by atoms with Crippen LogP contribution in [0.1, 0.15) is 5.69 Å². The minimum absolute atomic E-state index is 0.847. The zero-order chi connectivity index (χ0) is 10.1. The average molecular weight is 191 g/mol. The fourth-order valence-corrected chi connectivity index (χ4v) is 1.38. The summed E-state index contributed by atoms with van der Waals surface area (Å²) in [6, 6.07) is 0. The number of nitrogens with one attached hydrogen (secondary N) is 2. The van der Waals surface area contributed by atoms with Gasteiger partial charge in [-0.2, -0.15) is 5.10 Å². The van der Waals surface area contributed by atoms with Crippen molar-refractivity contribution in [3.05, 3.63) is 18.1 Å². The molecule has 74 valence electrons. The fraction of sp³-hybridized carbons (Fsp3) is 0.333. The summed E-state index contributed by atoms with van der Waals surface area (Å²) in [6.45, 7) is 1.96. The fourth-order valence-electron chi connectivity index (χ4n) is 1.38. The van der Waals surface area contributed by atoms with Gasteiger partial charge < -0.3 is 10.3 Å². The third-order valence-electron chi connectivity index (χ3n) is 2.11. The second kappa shape index (κ2) is 3.17. The molecular weight excluding hydrogens is 178 g/mol. The van der Waals surface area contributed by atoms with Crippen LogP contribution >= 0.6 is 0 Å². The van der Waals surface area contributed by atoms with E-state index in [0.29, 0.717) is 0 Å². The third kappa shape index (κ3) is 1.37. The second-order valence-electron chi connectivity index (χ2n) is 3.20. The van der Waals surface area contributed by atoms with E-state index in [2.05, 4.69) is 20.4 Å². The molecule has 0 bridgehead atoms. The Kier molecular flexibility index (Phi) is 1.99. The molecule has 5 heteroatoms. The minimum atomic E-state index is 0.847. The third-order valence-corrected chi connectivity index (χ3v) is 2.11. The first kappa shape index (κ1) is 8.80. The van der Waals surface area contributed by atoms with Crippen molar-refractivity contribution in [1.29, 1.82) is 0 Å². The Bertz CT molecular complexity index is 440. The first-order chi connectivity index (χ1) is 6.70. The van der Waals surface area contributed by atoms with Gasteiger partial charge in [0.15, 0.2) is 0 Å². The van der Waals surface area contributed by atoms with Gasteiger partial charge in [0.2, 0.25) is 0 Å². The molecule has 0 fully saturated rings. The molecule has 2 N–H and O–H groups in total. The van der Waals surface area contributed by atoms with Crippen LogP contribution < -0.4 is 5.32 Å². The summed E-state index contributed by atoms with van der Waals surface area (Å²) in [5, 5.41) is 7.14. The van der Waals surface area contributed by atoms with Crippen LogP contribution in [-0.2, 0) is 7.05 Å². The molecule has 0 aromatic carbocycles. The van der Waals surface area contributed by atoms with E-state index in [0.717, 1.165) is 22.9 Å². The van der Waals surface area contributed by atoms with E-state index in [9.17, 15) is 0 Å². The lowest BCUT2D eigenvalue weighted by Crippen LogP contribution is -1.89. The maximum atomic E-state index is 4.39. The molecule has 5 nitrogen and oxygen atoms in total. The van der Waals surface area contributed by atoms with Crippen molar-refractivity contribution in [1.82, 2.24) is 19.7 Å². The molecule has 0 aliphatic carbocycles. The zero-order valence-electron chi connectivity index (χ0n) is 8.50. The quantitative estimate of drug-likeness (QED) is 0.748. The molecule has 0 spiro atoms. The number of hydrogen-bond donors (Lipinski definition) is 2. The van der Waals surface area contributed by atoms with Gasteiger partial charge in [-0.25, -0.2) is 4.98 Å². The van der Waals surface area contributed by atoms with E-state index in [-0.39, 0.29) is 0 Å². The smallest absolute Gasteiger partial charge is 0.142 e. The van der Waals surface area contributed by atoms with Crippen molar-refractivity contribution < 1.29 is 0 Å². The van der Waals surface area contributed by atoms with Crippen LogP contribution in [0.4, 0.5) is 5.82 Å². The molecule has 2 rings (SSSR count). The SMILES string of the molecule is CNc1[nH]c(-c2cnn(C)c2)nc1C. The Morgan fingerprint density at radius 3 is 2.79 bits per heavy atom. The Morgan fingerprint density at radius 2 is 2.29 bits per heavy atom. The number of anilines is 1. The monoisotopic (exact) mass is 191 g/mol.